The highest BCUT2D eigenvalue weighted by Gasteiger charge is 2.24. The molecule has 2 aromatic heterocycles. The van der Waals surface area contributed by atoms with Gasteiger partial charge in [-0.2, -0.15) is 0 Å². The van der Waals surface area contributed by atoms with E-state index in [1.54, 1.807) is 23.1 Å². The number of aromatic nitrogens is 2. The highest BCUT2D eigenvalue weighted by molar-refractivity contribution is 8.00. The van der Waals surface area contributed by atoms with Gasteiger partial charge in [-0.05, 0) is 51.2 Å². The standard InChI is InChI=1S/C21H23N3OS2/c1-12-7-9-15(10-8-12)11-22-19(25)13(2)26-20-18-16-5-4-6-17(16)27-21(18)24-14(3)23-20/h7-10,13H,4-6,11H2,1-3H3,(H,22,25)/t13-/m1/s1. The van der Waals surface area contributed by atoms with Gasteiger partial charge in [0.2, 0.25) is 5.91 Å². The molecule has 0 saturated carbocycles. The zero-order valence-corrected chi connectivity index (χ0v) is 17.5. The van der Waals surface area contributed by atoms with Crippen molar-refractivity contribution >= 4 is 39.2 Å². The molecule has 0 spiro atoms. The van der Waals surface area contributed by atoms with E-state index in [-0.39, 0.29) is 11.2 Å². The molecule has 0 fully saturated rings. The van der Waals surface area contributed by atoms with Gasteiger partial charge in [0.05, 0.1) is 5.25 Å². The number of carbonyl (C=O) groups is 1. The first kappa shape index (κ1) is 18.4. The van der Waals surface area contributed by atoms with E-state index in [0.29, 0.717) is 6.54 Å². The van der Waals surface area contributed by atoms with Crippen LogP contribution in [0.5, 0.6) is 0 Å². The van der Waals surface area contributed by atoms with Gasteiger partial charge in [-0.25, -0.2) is 9.97 Å². The number of thiophene rings is 1. The fraction of sp³-hybridized carbons (Fsp3) is 0.381. The third-order valence-corrected chi connectivity index (χ3v) is 7.16. The van der Waals surface area contributed by atoms with Crippen LogP contribution in [0.2, 0.25) is 0 Å². The summed E-state index contributed by atoms with van der Waals surface area (Å²) in [6, 6.07) is 8.24. The molecule has 6 heteroatoms. The maximum Gasteiger partial charge on any atom is 0.233 e. The lowest BCUT2D eigenvalue weighted by Crippen LogP contribution is -2.30. The second-order valence-electron chi connectivity index (χ2n) is 7.08. The van der Waals surface area contributed by atoms with Crippen molar-refractivity contribution in [2.45, 2.75) is 56.9 Å². The Morgan fingerprint density at radius 2 is 2.00 bits per heavy atom. The summed E-state index contributed by atoms with van der Waals surface area (Å²) in [5.41, 5.74) is 3.74. The Balaban J connectivity index is 1.49. The summed E-state index contributed by atoms with van der Waals surface area (Å²) >= 11 is 3.34. The quantitative estimate of drug-likeness (QED) is 0.505. The number of hydrogen-bond donors (Lipinski definition) is 1. The van der Waals surface area contributed by atoms with Gasteiger partial charge >= 0.3 is 0 Å². The van der Waals surface area contributed by atoms with Gasteiger partial charge < -0.3 is 5.32 Å². The summed E-state index contributed by atoms with van der Waals surface area (Å²) in [5.74, 6) is 0.814. The normalized spacial score (nSPS) is 14.3. The van der Waals surface area contributed by atoms with Crippen molar-refractivity contribution in [3.8, 4) is 0 Å². The number of amides is 1. The van der Waals surface area contributed by atoms with Crippen LogP contribution in [0.15, 0.2) is 29.3 Å². The Morgan fingerprint density at radius 3 is 2.78 bits per heavy atom. The number of hydrogen-bond acceptors (Lipinski definition) is 5. The monoisotopic (exact) mass is 397 g/mol. The van der Waals surface area contributed by atoms with Gasteiger partial charge in [-0.15, -0.1) is 11.3 Å². The lowest BCUT2D eigenvalue weighted by atomic mass is 10.1. The van der Waals surface area contributed by atoms with Crippen LogP contribution in [0.1, 0.15) is 40.7 Å². The Kier molecular flexibility index (Phi) is 5.19. The van der Waals surface area contributed by atoms with Gasteiger partial charge in [-0.1, -0.05) is 41.6 Å². The lowest BCUT2D eigenvalue weighted by molar-refractivity contribution is -0.120. The van der Waals surface area contributed by atoms with Crippen LogP contribution < -0.4 is 5.32 Å². The maximum atomic E-state index is 12.6. The SMILES string of the molecule is Cc1ccc(CNC(=O)[C@@H](C)Sc2nc(C)nc3sc4c(c23)CCC4)cc1. The van der Waals surface area contributed by atoms with E-state index in [4.69, 9.17) is 0 Å². The van der Waals surface area contributed by atoms with E-state index in [9.17, 15) is 4.79 Å². The predicted molar refractivity (Wildman–Crippen MR) is 113 cm³/mol. The maximum absolute atomic E-state index is 12.6. The smallest absolute Gasteiger partial charge is 0.233 e. The summed E-state index contributed by atoms with van der Waals surface area (Å²) in [6.07, 6.45) is 3.46. The molecular weight excluding hydrogens is 374 g/mol. The highest BCUT2D eigenvalue weighted by Crippen LogP contribution is 2.41. The molecule has 140 valence electrons. The fourth-order valence-corrected chi connectivity index (χ4v) is 5.83. The van der Waals surface area contributed by atoms with Crippen molar-refractivity contribution in [3.63, 3.8) is 0 Å². The number of fused-ring (bicyclic) bond motifs is 3. The minimum atomic E-state index is -0.204. The molecule has 0 radical (unpaired) electrons. The summed E-state index contributed by atoms with van der Waals surface area (Å²) < 4.78 is 0. The van der Waals surface area contributed by atoms with E-state index in [0.717, 1.165) is 34.1 Å². The minimum Gasteiger partial charge on any atom is -0.351 e. The van der Waals surface area contributed by atoms with Crippen molar-refractivity contribution in [1.29, 1.82) is 0 Å². The zero-order valence-electron chi connectivity index (χ0n) is 15.8. The molecule has 4 rings (SSSR count). The number of nitrogens with zero attached hydrogens (tertiary/aromatic N) is 2. The van der Waals surface area contributed by atoms with Gasteiger partial charge in [0.1, 0.15) is 15.7 Å². The van der Waals surface area contributed by atoms with Crippen LogP contribution in [0, 0.1) is 13.8 Å². The van der Waals surface area contributed by atoms with Crippen LogP contribution in [-0.4, -0.2) is 21.1 Å². The largest absolute Gasteiger partial charge is 0.351 e. The van der Waals surface area contributed by atoms with E-state index >= 15 is 0 Å². The molecule has 3 aromatic rings. The minimum absolute atomic E-state index is 0.0388. The first-order valence-electron chi connectivity index (χ1n) is 9.30. The van der Waals surface area contributed by atoms with Crippen molar-refractivity contribution in [2.75, 3.05) is 0 Å². The Labute approximate surface area is 167 Å². The molecule has 2 heterocycles. The fourth-order valence-electron chi connectivity index (χ4n) is 3.41. The van der Waals surface area contributed by atoms with Crippen LogP contribution in [0.25, 0.3) is 10.2 Å². The molecule has 0 saturated heterocycles. The van der Waals surface area contributed by atoms with Gasteiger partial charge in [0.15, 0.2) is 0 Å². The second-order valence-corrected chi connectivity index (χ2v) is 9.49. The first-order chi connectivity index (χ1) is 13.0. The molecule has 0 bridgehead atoms. The number of nitrogens with one attached hydrogen (secondary N) is 1. The van der Waals surface area contributed by atoms with Crippen LogP contribution in [-0.2, 0) is 24.2 Å². The molecule has 4 nitrogen and oxygen atoms in total. The number of rotatable bonds is 5. The van der Waals surface area contributed by atoms with Crippen LogP contribution in [0.3, 0.4) is 0 Å². The van der Waals surface area contributed by atoms with E-state index in [2.05, 4.69) is 46.5 Å². The van der Waals surface area contributed by atoms with Gasteiger partial charge in [0.25, 0.3) is 0 Å². The molecular formula is C21H23N3OS2. The average molecular weight is 398 g/mol. The summed E-state index contributed by atoms with van der Waals surface area (Å²) in [5, 5.41) is 4.98. The summed E-state index contributed by atoms with van der Waals surface area (Å²) in [6.45, 7) is 6.49. The van der Waals surface area contributed by atoms with E-state index < -0.39 is 0 Å². The summed E-state index contributed by atoms with van der Waals surface area (Å²) in [4.78, 5) is 24.4. The molecule has 1 aliphatic carbocycles. The summed E-state index contributed by atoms with van der Waals surface area (Å²) in [7, 11) is 0. The van der Waals surface area contributed by atoms with Crippen molar-refractivity contribution < 1.29 is 4.79 Å². The topological polar surface area (TPSA) is 54.9 Å². The average Bonchev–Trinajstić information content (AvgIpc) is 3.21. The predicted octanol–water partition coefficient (Wildman–Crippen LogP) is 4.59. The second kappa shape index (κ2) is 7.60. The lowest BCUT2D eigenvalue weighted by Gasteiger charge is -2.13. The molecule has 1 aromatic carbocycles. The molecule has 1 aliphatic rings. The Morgan fingerprint density at radius 1 is 1.22 bits per heavy atom. The number of benzene rings is 1. The molecule has 0 unspecified atom stereocenters. The van der Waals surface area contributed by atoms with Crippen molar-refractivity contribution in [2.24, 2.45) is 0 Å². The van der Waals surface area contributed by atoms with Crippen molar-refractivity contribution in [1.82, 2.24) is 15.3 Å². The zero-order chi connectivity index (χ0) is 19.0. The van der Waals surface area contributed by atoms with Gasteiger partial charge in [-0.3, -0.25) is 4.79 Å². The number of aryl methyl sites for hydroxylation is 4. The van der Waals surface area contributed by atoms with Crippen LogP contribution >= 0.6 is 23.1 Å². The Hall–Kier alpha value is -1.92. The Bertz CT molecular complexity index is 995. The number of carbonyl (C=O) groups excluding carboxylic acids is 1. The molecule has 1 N–H and O–H groups in total. The first-order valence-corrected chi connectivity index (χ1v) is 11.0. The highest BCUT2D eigenvalue weighted by atomic mass is 32.2. The van der Waals surface area contributed by atoms with E-state index in [1.807, 2.05) is 13.8 Å². The third-order valence-electron chi connectivity index (χ3n) is 4.89. The molecule has 27 heavy (non-hydrogen) atoms. The molecule has 0 aliphatic heterocycles. The molecule has 1 atom stereocenters. The third kappa shape index (κ3) is 3.87. The van der Waals surface area contributed by atoms with E-state index in [1.165, 1.54) is 27.8 Å². The van der Waals surface area contributed by atoms with Gasteiger partial charge in [0, 0.05) is 16.8 Å². The van der Waals surface area contributed by atoms with Crippen molar-refractivity contribution in [3.05, 3.63) is 51.7 Å². The van der Waals surface area contributed by atoms with Crippen LogP contribution in [0.4, 0.5) is 0 Å². The number of thioether (sulfide) groups is 1. The molecule has 1 amide bonds.